The standard InChI is InChI=1S/C24H36N2O/c1-4-7-21(27-3)16-18(2)22-10-11-24-20(8-5-14-26-24)17-19-12-15-25-13-6-9-23(19)22/h4,7,16-18,25-26H,5-6,8-15H2,1-3H3/b7-4-,19-17-,21-16+,23-22+. The van der Waals surface area contributed by atoms with Crippen LogP contribution in [0.1, 0.15) is 58.8 Å². The second kappa shape index (κ2) is 9.98. The molecule has 3 nitrogen and oxygen atoms in total. The van der Waals surface area contributed by atoms with Crippen molar-refractivity contribution in [2.75, 3.05) is 26.7 Å². The van der Waals surface area contributed by atoms with Crippen LogP contribution in [-0.4, -0.2) is 26.7 Å². The van der Waals surface area contributed by atoms with Crippen LogP contribution >= 0.6 is 0 Å². The first-order chi connectivity index (χ1) is 13.2. The van der Waals surface area contributed by atoms with Gasteiger partial charge in [-0.1, -0.05) is 24.6 Å². The number of rotatable bonds is 4. The lowest BCUT2D eigenvalue weighted by Crippen LogP contribution is -2.25. The van der Waals surface area contributed by atoms with Gasteiger partial charge in [0.25, 0.3) is 0 Å². The maximum atomic E-state index is 5.58. The average molecular weight is 369 g/mol. The number of ether oxygens (including phenoxy) is 1. The molecular weight excluding hydrogens is 332 g/mol. The molecule has 3 aliphatic rings. The van der Waals surface area contributed by atoms with Gasteiger partial charge in [-0.3, -0.25) is 0 Å². The zero-order valence-corrected chi connectivity index (χ0v) is 17.4. The van der Waals surface area contributed by atoms with Gasteiger partial charge in [-0.2, -0.15) is 0 Å². The van der Waals surface area contributed by atoms with Crippen molar-refractivity contribution in [3.8, 4) is 0 Å². The summed E-state index contributed by atoms with van der Waals surface area (Å²) in [6.45, 7) is 7.72. The number of allylic oxidation sites excluding steroid dienone is 8. The van der Waals surface area contributed by atoms with Crippen molar-refractivity contribution >= 4 is 0 Å². The maximum Gasteiger partial charge on any atom is 0.115 e. The third-order valence-electron chi connectivity index (χ3n) is 6.00. The molecule has 2 N–H and O–H groups in total. The number of fused-ring (bicyclic) bond motifs is 1. The minimum absolute atomic E-state index is 0.396. The van der Waals surface area contributed by atoms with Gasteiger partial charge in [0.2, 0.25) is 0 Å². The topological polar surface area (TPSA) is 33.3 Å². The van der Waals surface area contributed by atoms with Crippen LogP contribution in [0.2, 0.25) is 0 Å². The minimum atomic E-state index is 0.396. The third kappa shape index (κ3) is 5.16. The Hall–Kier alpha value is -1.74. The highest BCUT2D eigenvalue weighted by molar-refractivity contribution is 5.45. The van der Waals surface area contributed by atoms with Gasteiger partial charge >= 0.3 is 0 Å². The van der Waals surface area contributed by atoms with Crippen LogP contribution in [0.15, 0.2) is 58.1 Å². The molecule has 0 saturated carbocycles. The van der Waals surface area contributed by atoms with Crippen molar-refractivity contribution in [2.45, 2.75) is 58.8 Å². The van der Waals surface area contributed by atoms with Crippen molar-refractivity contribution in [1.29, 1.82) is 0 Å². The SMILES string of the molecule is C/C=C\C(=C/C(C)/C1=C2\CCCNCC\C2=C\C2=C(CC1)NCCC2)OC. The van der Waals surface area contributed by atoms with Gasteiger partial charge in [0.15, 0.2) is 0 Å². The van der Waals surface area contributed by atoms with Crippen LogP contribution in [-0.2, 0) is 4.74 Å². The van der Waals surface area contributed by atoms with Gasteiger partial charge in [0, 0.05) is 12.2 Å². The van der Waals surface area contributed by atoms with Gasteiger partial charge < -0.3 is 15.4 Å². The summed E-state index contributed by atoms with van der Waals surface area (Å²) < 4.78 is 5.58. The third-order valence-corrected chi connectivity index (χ3v) is 6.00. The van der Waals surface area contributed by atoms with E-state index in [0.717, 1.165) is 44.7 Å². The molecule has 0 radical (unpaired) electrons. The zero-order chi connectivity index (χ0) is 19.1. The maximum absolute atomic E-state index is 5.58. The van der Waals surface area contributed by atoms with Gasteiger partial charge in [0.1, 0.15) is 5.76 Å². The summed E-state index contributed by atoms with van der Waals surface area (Å²) >= 11 is 0. The zero-order valence-electron chi connectivity index (χ0n) is 17.4. The molecule has 27 heavy (non-hydrogen) atoms. The van der Waals surface area contributed by atoms with Crippen LogP contribution in [0.4, 0.5) is 0 Å². The highest BCUT2D eigenvalue weighted by atomic mass is 16.5. The molecule has 2 aliphatic heterocycles. The van der Waals surface area contributed by atoms with E-state index in [9.17, 15) is 0 Å². The Morgan fingerprint density at radius 3 is 2.74 bits per heavy atom. The van der Waals surface area contributed by atoms with Gasteiger partial charge in [0.05, 0.1) is 7.11 Å². The molecule has 0 amide bonds. The lowest BCUT2D eigenvalue weighted by atomic mass is 9.80. The van der Waals surface area contributed by atoms with Gasteiger partial charge in [-0.15, -0.1) is 0 Å². The van der Waals surface area contributed by atoms with E-state index in [1.165, 1.54) is 31.4 Å². The fourth-order valence-electron chi connectivity index (χ4n) is 4.59. The molecule has 1 atom stereocenters. The summed E-state index contributed by atoms with van der Waals surface area (Å²) in [7, 11) is 1.77. The van der Waals surface area contributed by atoms with Crippen molar-refractivity contribution in [2.24, 2.45) is 5.92 Å². The molecule has 148 valence electrons. The summed E-state index contributed by atoms with van der Waals surface area (Å²) in [6.07, 6.45) is 17.3. The summed E-state index contributed by atoms with van der Waals surface area (Å²) in [5.74, 6) is 1.36. The number of methoxy groups -OCH3 is 1. The number of hydrogen-bond donors (Lipinski definition) is 2. The van der Waals surface area contributed by atoms with E-state index < -0.39 is 0 Å². The van der Waals surface area contributed by atoms with E-state index in [1.807, 2.05) is 13.0 Å². The molecule has 3 heteroatoms. The second-order valence-electron chi connectivity index (χ2n) is 7.87. The molecule has 0 aromatic heterocycles. The Kier molecular flexibility index (Phi) is 7.40. The predicted octanol–water partition coefficient (Wildman–Crippen LogP) is 5.16. The van der Waals surface area contributed by atoms with Crippen molar-refractivity contribution < 1.29 is 4.74 Å². The minimum Gasteiger partial charge on any atom is -0.497 e. The Balaban J connectivity index is 2.01. The molecule has 0 aromatic rings. The Bertz CT molecular complexity index is 678. The molecule has 0 aromatic carbocycles. The van der Waals surface area contributed by atoms with Crippen molar-refractivity contribution in [3.05, 3.63) is 58.1 Å². The summed E-state index contributed by atoms with van der Waals surface area (Å²) in [5, 5.41) is 7.28. The fraction of sp³-hybridized carbons (Fsp3) is 0.583. The van der Waals surface area contributed by atoms with Crippen LogP contribution in [0, 0.1) is 5.92 Å². The number of hydrogen-bond acceptors (Lipinski definition) is 3. The first kappa shape index (κ1) is 20.0. The highest BCUT2D eigenvalue weighted by Gasteiger charge is 2.22. The molecule has 1 fully saturated rings. The monoisotopic (exact) mass is 368 g/mol. The Morgan fingerprint density at radius 1 is 1.07 bits per heavy atom. The van der Waals surface area contributed by atoms with E-state index >= 15 is 0 Å². The highest BCUT2D eigenvalue weighted by Crippen LogP contribution is 2.37. The van der Waals surface area contributed by atoms with Crippen LogP contribution in [0.25, 0.3) is 0 Å². The summed E-state index contributed by atoms with van der Waals surface area (Å²) in [4.78, 5) is 0. The molecule has 1 aliphatic carbocycles. The Morgan fingerprint density at radius 2 is 1.93 bits per heavy atom. The lowest BCUT2D eigenvalue weighted by Gasteiger charge is -2.29. The van der Waals surface area contributed by atoms with Gasteiger partial charge in [-0.05, 0) is 99.7 Å². The Labute approximate surface area is 165 Å². The largest absolute Gasteiger partial charge is 0.497 e. The van der Waals surface area contributed by atoms with Crippen molar-refractivity contribution in [1.82, 2.24) is 10.6 Å². The van der Waals surface area contributed by atoms with E-state index in [0.29, 0.717) is 5.92 Å². The molecule has 0 spiro atoms. The lowest BCUT2D eigenvalue weighted by molar-refractivity contribution is 0.303. The molecular formula is C24H36N2O. The first-order valence-electron chi connectivity index (χ1n) is 10.7. The summed E-state index contributed by atoms with van der Waals surface area (Å²) in [5.41, 5.74) is 7.85. The van der Waals surface area contributed by atoms with Crippen LogP contribution in [0.3, 0.4) is 0 Å². The average Bonchev–Trinajstić information content (AvgIpc) is 2.65. The van der Waals surface area contributed by atoms with E-state index in [1.54, 1.807) is 29.4 Å². The predicted molar refractivity (Wildman–Crippen MR) is 114 cm³/mol. The van der Waals surface area contributed by atoms with E-state index in [4.69, 9.17) is 4.74 Å². The van der Waals surface area contributed by atoms with Crippen LogP contribution in [0.5, 0.6) is 0 Å². The second-order valence-corrected chi connectivity index (χ2v) is 7.87. The van der Waals surface area contributed by atoms with Crippen molar-refractivity contribution in [3.63, 3.8) is 0 Å². The van der Waals surface area contributed by atoms with E-state index in [2.05, 4.69) is 35.8 Å². The molecule has 1 saturated heterocycles. The fourth-order valence-corrected chi connectivity index (χ4v) is 4.59. The number of nitrogens with one attached hydrogen (secondary N) is 2. The molecule has 2 heterocycles. The molecule has 0 bridgehead atoms. The summed E-state index contributed by atoms with van der Waals surface area (Å²) in [6, 6.07) is 0. The molecule has 1 unspecified atom stereocenters. The first-order valence-corrected chi connectivity index (χ1v) is 10.7. The smallest absolute Gasteiger partial charge is 0.115 e. The van der Waals surface area contributed by atoms with E-state index in [-0.39, 0.29) is 0 Å². The van der Waals surface area contributed by atoms with Crippen LogP contribution < -0.4 is 10.6 Å². The normalized spacial score (nSPS) is 28.0. The molecule has 3 rings (SSSR count). The quantitative estimate of drug-likeness (QED) is 0.531. The van der Waals surface area contributed by atoms with Gasteiger partial charge in [-0.25, -0.2) is 0 Å².